The van der Waals surface area contributed by atoms with Crippen molar-refractivity contribution in [3.05, 3.63) is 24.0 Å². The molecule has 1 aromatic carbocycles. The molecule has 0 N–H and O–H groups in total. The molecular weight excluding hydrogens is 434 g/mol. The van der Waals surface area contributed by atoms with E-state index in [0.717, 1.165) is 13.4 Å². The third kappa shape index (κ3) is 2.50. The fourth-order valence-electron chi connectivity index (χ4n) is 0.691. The first-order valence-corrected chi connectivity index (χ1v) is 6.16. The average molecular weight is 435 g/mol. The number of carbonyl (C=O) groups excluding carboxylic acids is 1. The van der Waals surface area contributed by atoms with E-state index in [9.17, 15) is 4.79 Å². The van der Waals surface area contributed by atoms with Crippen LogP contribution >= 0.6 is 63.7 Å². The first-order valence-electron chi connectivity index (χ1n) is 2.98. The maximum atomic E-state index is 10.1. The summed E-state index contributed by atoms with van der Waals surface area (Å²) in [6, 6.07) is 1.71. The van der Waals surface area contributed by atoms with Crippen molar-refractivity contribution >= 4 is 75.5 Å². The highest BCUT2D eigenvalue weighted by molar-refractivity contribution is 9.15. The summed E-state index contributed by atoms with van der Waals surface area (Å²) in [4.78, 5) is 13.6. The van der Waals surface area contributed by atoms with Gasteiger partial charge in [0.2, 0.25) is 6.08 Å². The Labute approximate surface area is 108 Å². The van der Waals surface area contributed by atoms with Crippen LogP contribution in [0, 0.1) is 0 Å². The molecule has 0 saturated carbocycles. The minimum atomic E-state index is 0.525. The molecule has 0 aliphatic carbocycles. The molecule has 68 valence electrons. The van der Waals surface area contributed by atoms with Gasteiger partial charge in [0, 0.05) is 13.4 Å². The van der Waals surface area contributed by atoms with Crippen molar-refractivity contribution in [2.45, 2.75) is 0 Å². The van der Waals surface area contributed by atoms with Gasteiger partial charge in [-0.3, -0.25) is 0 Å². The summed E-state index contributed by atoms with van der Waals surface area (Å²) >= 11 is 13.3. The highest BCUT2D eigenvalue weighted by atomic mass is 79.9. The molecule has 0 heterocycles. The Morgan fingerprint density at radius 3 is 2.23 bits per heavy atom. The highest BCUT2D eigenvalue weighted by Crippen LogP contribution is 2.42. The molecule has 0 bridgehead atoms. The third-order valence-electron chi connectivity index (χ3n) is 1.25. The van der Waals surface area contributed by atoms with Crippen molar-refractivity contribution in [3.63, 3.8) is 0 Å². The molecule has 0 aromatic heterocycles. The second-order valence-corrected chi connectivity index (χ2v) is 5.26. The number of benzene rings is 1. The molecule has 0 radical (unpaired) electrons. The van der Waals surface area contributed by atoms with E-state index >= 15 is 0 Å². The zero-order chi connectivity index (χ0) is 10.0. The third-order valence-corrected chi connectivity index (χ3v) is 5.89. The van der Waals surface area contributed by atoms with E-state index in [4.69, 9.17) is 0 Å². The molecule has 0 amide bonds. The topological polar surface area (TPSA) is 29.4 Å². The van der Waals surface area contributed by atoms with Gasteiger partial charge < -0.3 is 0 Å². The lowest BCUT2D eigenvalue weighted by Gasteiger charge is -2.04. The van der Waals surface area contributed by atoms with Crippen molar-refractivity contribution in [2.24, 2.45) is 4.99 Å². The lowest BCUT2D eigenvalue weighted by Crippen LogP contribution is -1.77. The van der Waals surface area contributed by atoms with E-state index in [0.29, 0.717) is 10.2 Å². The fraction of sp³-hybridized carbons (Fsp3) is 0. The molecule has 0 aliphatic rings. The number of rotatable bonds is 1. The summed E-state index contributed by atoms with van der Waals surface area (Å²) < 4.78 is 3.20. The van der Waals surface area contributed by atoms with E-state index in [-0.39, 0.29) is 0 Å². The Kier molecular flexibility index (Phi) is 4.32. The zero-order valence-corrected chi connectivity index (χ0v) is 12.3. The minimum Gasteiger partial charge on any atom is -0.211 e. The number of hydrogen-bond donors (Lipinski definition) is 0. The van der Waals surface area contributed by atoms with Crippen molar-refractivity contribution < 1.29 is 4.79 Å². The number of nitrogens with zero attached hydrogens (tertiary/aromatic N) is 1. The molecule has 6 heteroatoms. The second kappa shape index (κ2) is 4.84. The summed E-state index contributed by atoms with van der Waals surface area (Å²) in [5, 5.41) is 0. The maximum absolute atomic E-state index is 10.1. The van der Waals surface area contributed by atoms with Crippen molar-refractivity contribution in [2.75, 3.05) is 0 Å². The van der Waals surface area contributed by atoms with Gasteiger partial charge in [0.15, 0.2) is 0 Å². The molecule has 0 fully saturated rings. The maximum Gasteiger partial charge on any atom is 0.240 e. The molecule has 0 unspecified atom stereocenters. The molecule has 13 heavy (non-hydrogen) atoms. The fourth-order valence-corrected chi connectivity index (χ4v) is 2.77. The smallest absolute Gasteiger partial charge is 0.211 e. The van der Waals surface area contributed by atoms with Crippen LogP contribution in [0.5, 0.6) is 0 Å². The normalized spacial score (nSPS) is 9.54. The lowest BCUT2D eigenvalue weighted by atomic mass is 10.3. The lowest BCUT2D eigenvalue weighted by molar-refractivity contribution is 0.565. The quantitative estimate of drug-likeness (QED) is 0.273. The van der Waals surface area contributed by atoms with Gasteiger partial charge in [0.1, 0.15) is 0 Å². The van der Waals surface area contributed by atoms with Gasteiger partial charge in [0.05, 0.1) is 10.2 Å². The summed E-state index contributed by atoms with van der Waals surface area (Å²) in [6.45, 7) is 0. The summed E-state index contributed by atoms with van der Waals surface area (Å²) in [5.74, 6) is 0. The number of aliphatic imine (C=N–C) groups is 1. The minimum absolute atomic E-state index is 0.525. The molecule has 0 atom stereocenters. The first kappa shape index (κ1) is 11.6. The van der Waals surface area contributed by atoms with Crippen LogP contribution < -0.4 is 0 Å². The van der Waals surface area contributed by atoms with Gasteiger partial charge in [-0.25, -0.2) is 4.79 Å². The van der Waals surface area contributed by atoms with Gasteiger partial charge >= 0.3 is 0 Å². The molecular formula is C7HBr4NO. The van der Waals surface area contributed by atoms with E-state index in [1.165, 1.54) is 6.08 Å². The molecule has 1 rings (SSSR count). The van der Waals surface area contributed by atoms with Crippen LogP contribution in [0.4, 0.5) is 5.69 Å². The molecule has 0 saturated heterocycles. The van der Waals surface area contributed by atoms with Gasteiger partial charge in [0.25, 0.3) is 0 Å². The van der Waals surface area contributed by atoms with Crippen LogP contribution in [0.1, 0.15) is 0 Å². The van der Waals surface area contributed by atoms with Gasteiger partial charge in [-0.2, -0.15) is 4.99 Å². The first-order chi connectivity index (χ1) is 6.07. The van der Waals surface area contributed by atoms with Gasteiger partial charge in [-0.15, -0.1) is 0 Å². The Bertz CT molecular complexity index is 398. The number of isocyanates is 1. The van der Waals surface area contributed by atoms with Crippen LogP contribution in [0.3, 0.4) is 0 Å². The van der Waals surface area contributed by atoms with E-state index in [1.54, 1.807) is 6.07 Å². The second-order valence-electron chi connectivity index (χ2n) is 2.02. The Balaban J connectivity index is 3.49. The largest absolute Gasteiger partial charge is 0.240 e. The van der Waals surface area contributed by atoms with Crippen LogP contribution in [0.2, 0.25) is 0 Å². The van der Waals surface area contributed by atoms with Crippen molar-refractivity contribution in [1.29, 1.82) is 0 Å². The predicted molar refractivity (Wildman–Crippen MR) is 65.0 cm³/mol. The van der Waals surface area contributed by atoms with E-state index in [1.807, 2.05) is 0 Å². The highest BCUT2D eigenvalue weighted by Gasteiger charge is 2.10. The van der Waals surface area contributed by atoms with E-state index in [2.05, 4.69) is 68.7 Å². The predicted octanol–water partition coefficient (Wildman–Crippen LogP) is 4.70. The Hall–Kier alpha value is 0.520. The van der Waals surface area contributed by atoms with Gasteiger partial charge in [-0.1, -0.05) is 0 Å². The summed E-state index contributed by atoms with van der Waals surface area (Å²) in [7, 11) is 0. The van der Waals surface area contributed by atoms with Crippen molar-refractivity contribution in [3.8, 4) is 0 Å². The summed E-state index contributed by atoms with van der Waals surface area (Å²) in [6.07, 6.45) is 1.49. The molecule has 2 nitrogen and oxygen atoms in total. The summed E-state index contributed by atoms with van der Waals surface area (Å²) in [5.41, 5.74) is 0.525. The molecule has 0 aliphatic heterocycles. The van der Waals surface area contributed by atoms with Gasteiger partial charge in [-0.05, 0) is 69.8 Å². The number of hydrogen-bond acceptors (Lipinski definition) is 2. The Morgan fingerprint density at radius 2 is 1.69 bits per heavy atom. The SMILES string of the molecule is O=C=Nc1cc(Br)c(Br)c(Br)c1Br. The van der Waals surface area contributed by atoms with Crippen molar-refractivity contribution in [1.82, 2.24) is 0 Å². The monoisotopic (exact) mass is 431 g/mol. The molecule has 0 spiro atoms. The number of halogens is 4. The Morgan fingerprint density at radius 1 is 1.08 bits per heavy atom. The standard InChI is InChI=1S/C7HBr4NO/c8-3-1-4(12-2-13)6(10)7(11)5(3)9/h1H. The van der Waals surface area contributed by atoms with Crippen LogP contribution in [0.25, 0.3) is 0 Å². The zero-order valence-electron chi connectivity index (χ0n) is 5.94. The van der Waals surface area contributed by atoms with Crippen LogP contribution in [-0.4, -0.2) is 6.08 Å². The molecule has 1 aromatic rings. The average Bonchev–Trinajstić information content (AvgIpc) is 2.11. The van der Waals surface area contributed by atoms with Crippen LogP contribution in [0.15, 0.2) is 28.9 Å². The van der Waals surface area contributed by atoms with Crippen LogP contribution in [-0.2, 0) is 4.79 Å². The van der Waals surface area contributed by atoms with E-state index < -0.39 is 0 Å².